The molecule has 2 aromatic rings. The zero-order chi connectivity index (χ0) is 20.8. The Bertz CT molecular complexity index is 829. The van der Waals surface area contributed by atoms with Gasteiger partial charge in [-0.15, -0.1) is 0 Å². The normalized spacial score (nSPS) is 22.2. The number of guanidine groups is 1. The maximum Gasteiger partial charge on any atom is 0.194 e. The van der Waals surface area contributed by atoms with E-state index < -0.39 is 0 Å². The number of nitrogens with one attached hydrogen (secondary N) is 1. The Balaban J connectivity index is 1.39. The van der Waals surface area contributed by atoms with Crippen LogP contribution >= 0.6 is 11.6 Å². The molecule has 0 radical (unpaired) electrons. The average molecular weight is 428 g/mol. The van der Waals surface area contributed by atoms with Crippen molar-refractivity contribution in [2.45, 2.75) is 32.0 Å². The fourth-order valence-corrected chi connectivity index (χ4v) is 4.33. The number of aliphatic imine (C=N–C) groups is 1. The van der Waals surface area contributed by atoms with Gasteiger partial charge in [-0.1, -0.05) is 48.0 Å². The first-order chi connectivity index (χ1) is 14.7. The number of aromatic nitrogens is 1. The molecule has 0 spiro atoms. The SMILES string of the molecule is CCNC(=NCCc1ccc(Cl)nc1)N1CC2OCCN(Cc3ccccc3)C2C1. The van der Waals surface area contributed by atoms with Crippen LogP contribution in [0, 0.1) is 0 Å². The van der Waals surface area contributed by atoms with Crippen LogP contribution in [-0.4, -0.2) is 72.2 Å². The van der Waals surface area contributed by atoms with Crippen molar-refractivity contribution in [3.8, 4) is 0 Å². The summed E-state index contributed by atoms with van der Waals surface area (Å²) in [4.78, 5) is 13.9. The summed E-state index contributed by atoms with van der Waals surface area (Å²) >= 11 is 5.88. The van der Waals surface area contributed by atoms with E-state index in [9.17, 15) is 0 Å². The number of likely N-dealkylation sites (tertiary alicyclic amines) is 1. The van der Waals surface area contributed by atoms with Gasteiger partial charge in [-0.2, -0.15) is 0 Å². The summed E-state index contributed by atoms with van der Waals surface area (Å²) in [7, 11) is 0. The number of nitrogens with zero attached hydrogens (tertiary/aromatic N) is 4. The second-order valence-corrected chi connectivity index (χ2v) is 8.20. The smallest absolute Gasteiger partial charge is 0.194 e. The summed E-state index contributed by atoms with van der Waals surface area (Å²) in [5, 5.41) is 3.98. The summed E-state index contributed by atoms with van der Waals surface area (Å²) < 4.78 is 6.13. The second kappa shape index (κ2) is 10.2. The van der Waals surface area contributed by atoms with Gasteiger partial charge in [0, 0.05) is 45.5 Å². The van der Waals surface area contributed by atoms with E-state index in [1.54, 1.807) is 0 Å². The first-order valence-electron chi connectivity index (χ1n) is 10.8. The minimum atomic E-state index is 0.229. The van der Waals surface area contributed by atoms with Gasteiger partial charge < -0.3 is 15.0 Å². The molecule has 6 nitrogen and oxygen atoms in total. The maximum atomic E-state index is 6.13. The van der Waals surface area contributed by atoms with Crippen LogP contribution in [0.3, 0.4) is 0 Å². The lowest BCUT2D eigenvalue weighted by molar-refractivity contribution is -0.0502. The van der Waals surface area contributed by atoms with Gasteiger partial charge in [0.2, 0.25) is 0 Å². The number of hydrogen-bond donors (Lipinski definition) is 1. The highest BCUT2D eigenvalue weighted by atomic mass is 35.5. The number of pyridine rings is 1. The van der Waals surface area contributed by atoms with E-state index in [1.807, 2.05) is 18.3 Å². The van der Waals surface area contributed by atoms with Gasteiger partial charge in [0.1, 0.15) is 5.15 Å². The summed E-state index contributed by atoms with van der Waals surface area (Å²) in [5.74, 6) is 0.970. The Labute approximate surface area is 183 Å². The van der Waals surface area contributed by atoms with Crippen molar-refractivity contribution in [3.05, 3.63) is 64.9 Å². The van der Waals surface area contributed by atoms with Gasteiger partial charge in [0.05, 0.1) is 18.8 Å². The molecule has 160 valence electrons. The molecule has 30 heavy (non-hydrogen) atoms. The van der Waals surface area contributed by atoms with E-state index in [4.69, 9.17) is 21.3 Å². The lowest BCUT2D eigenvalue weighted by Crippen LogP contribution is -2.50. The molecular weight excluding hydrogens is 398 g/mol. The fraction of sp³-hybridized carbons (Fsp3) is 0.478. The van der Waals surface area contributed by atoms with Crippen LogP contribution < -0.4 is 5.32 Å². The van der Waals surface area contributed by atoms with E-state index in [1.165, 1.54) is 5.56 Å². The molecular formula is C23H30ClN5O. The van der Waals surface area contributed by atoms with Crippen LogP contribution in [0.5, 0.6) is 0 Å². The van der Waals surface area contributed by atoms with Crippen LogP contribution in [0.2, 0.25) is 5.15 Å². The highest BCUT2D eigenvalue weighted by molar-refractivity contribution is 6.29. The van der Waals surface area contributed by atoms with Crippen molar-refractivity contribution >= 4 is 17.6 Å². The molecule has 2 unspecified atom stereocenters. The monoisotopic (exact) mass is 427 g/mol. The van der Waals surface area contributed by atoms with Gasteiger partial charge in [0.15, 0.2) is 5.96 Å². The summed E-state index contributed by atoms with van der Waals surface area (Å²) in [6.45, 7) is 8.22. The Morgan fingerprint density at radius 1 is 1.20 bits per heavy atom. The van der Waals surface area contributed by atoms with Gasteiger partial charge in [-0.25, -0.2) is 4.98 Å². The first kappa shape index (κ1) is 21.1. The van der Waals surface area contributed by atoms with Crippen molar-refractivity contribution in [3.63, 3.8) is 0 Å². The molecule has 0 amide bonds. The minimum Gasteiger partial charge on any atom is -0.373 e. The second-order valence-electron chi connectivity index (χ2n) is 7.81. The van der Waals surface area contributed by atoms with Crippen LogP contribution in [-0.2, 0) is 17.7 Å². The fourth-order valence-electron chi connectivity index (χ4n) is 4.22. The van der Waals surface area contributed by atoms with Crippen molar-refractivity contribution < 1.29 is 4.74 Å². The third-order valence-corrected chi connectivity index (χ3v) is 5.95. The minimum absolute atomic E-state index is 0.229. The maximum absolute atomic E-state index is 6.13. The molecule has 2 aliphatic rings. The van der Waals surface area contributed by atoms with Crippen LogP contribution in [0.25, 0.3) is 0 Å². The number of rotatable bonds is 6. The van der Waals surface area contributed by atoms with Gasteiger partial charge in [-0.3, -0.25) is 9.89 Å². The molecule has 2 atom stereocenters. The Hall–Kier alpha value is -2.15. The van der Waals surface area contributed by atoms with Crippen LogP contribution in [0.15, 0.2) is 53.7 Å². The molecule has 2 fully saturated rings. The lowest BCUT2D eigenvalue weighted by atomic mass is 10.1. The molecule has 7 heteroatoms. The highest BCUT2D eigenvalue weighted by Crippen LogP contribution is 2.24. The summed E-state index contributed by atoms with van der Waals surface area (Å²) in [6.07, 6.45) is 2.90. The van der Waals surface area contributed by atoms with E-state index in [-0.39, 0.29) is 6.10 Å². The molecule has 3 heterocycles. The molecule has 1 N–H and O–H groups in total. The molecule has 1 aromatic carbocycles. The third kappa shape index (κ3) is 5.31. The number of halogens is 1. The molecule has 0 aliphatic carbocycles. The van der Waals surface area contributed by atoms with Gasteiger partial charge in [0.25, 0.3) is 0 Å². The molecule has 2 saturated heterocycles. The summed E-state index contributed by atoms with van der Waals surface area (Å²) in [5.41, 5.74) is 2.50. The Morgan fingerprint density at radius 3 is 2.83 bits per heavy atom. The standard InChI is InChI=1S/C23H30ClN5O/c1-2-25-23(26-11-10-18-8-9-22(24)27-14-18)29-16-20-21(17-29)30-13-12-28(20)15-19-6-4-3-5-7-19/h3-9,14,20-21H,2,10-13,15-17H2,1H3,(H,25,26). The van der Waals surface area contributed by atoms with Crippen molar-refractivity contribution in [2.24, 2.45) is 4.99 Å². The average Bonchev–Trinajstić information content (AvgIpc) is 3.21. The van der Waals surface area contributed by atoms with Crippen molar-refractivity contribution in [2.75, 3.05) is 39.3 Å². The molecule has 0 saturated carbocycles. The quantitative estimate of drug-likeness (QED) is 0.436. The largest absolute Gasteiger partial charge is 0.373 e. The number of morpholine rings is 1. The predicted molar refractivity (Wildman–Crippen MR) is 121 cm³/mol. The number of ether oxygens (including phenoxy) is 1. The van der Waals surface area contributed by atoms with Gasteiger partial charge >= 0.3 is 0 Å². The zero-order valence-electron chi connectivity index (χ0n) is 17.5. The molecule has 1 aromatic heterocycles. The molecule has 4 rings (SSSR count). The first-order valence-corrected chi connectivity index (χ1v) is 11.1. The Morgan fingerprint density at radius 2 is 2.07 bits per heavy atom. The number of benzene rings is 1. The van der Waals surface area contributed by atoms with E-state index in [0.29, 0.717) is 17.7 Å². The highest BCUT2D eigenvalue weighted by Gasteiger charge is 2.41. The van der Waals surface area contributed by atoms with E-state index in [0.717, 1.165) is 57.3 Å². The van der Waals surface area contributed by atoms with Crippen LogP contribution in [0.1, 0.15) is 18.1 Å². The van der Waals surface area contributed by atoms with Crippen LogP contribution in [0.4, 0.5) is 0 Å². The van der Waals surface area contributed by atoms with Crippen molar-refractivity contribution in [1.82, 2.24) is 20.1 Å². The molecule has 2 aliphatic heterocycles. The van der Waals surface area contributed by atoms with Gasteiger partial charge in [-0.05, 0) is 30.5 Å². The third-order valence-electron chi connectivity index (χ3n) is 5.73. The topological polar surface area (TPSA) is 53.0 Å². The zero-order valence-corrected chi connectivity index (χ0v) is 18.3. The molecule has 0 bridgehead atoms. The lowest BCUT2D eigenvalue weighted by Gasteiger charge is -2.36. The predicted octanol–water partition coefficient (Wildman–Crippen LogP) is 2.83. The van der Waals surface area contributed by atoms with Crippen molar-refractivity contribution in [1.29, 1.82) is 0 Å². The summed E-state index contributed by atoms with van der Waals surface area (Å²) in [6, 6.07) is 14.9. The Kier molecular flexibility index (Phi) is 7.20. The number of fused-ring (bicyclic) bond motifs is 1. The van der Waals surface area contributed by atoms with E-state index in [2.05, 4.69) is 57.4 Å². The number of hydrogen-bond acceptors (Lipinski definition) is 4. The van der Waals surface area contributed by atoms with E-state index >= 15 is 0 Å².